The van der Waals surface area contributed by atoms with Gasteiger partial charge in [-0.2, -0.15) is 0 Å². The van der Waals surface area contributed by atoms with Crippen LogP contribution < -0.4 is 17.0 Å². The molecule has 1 atom stereocenters. The van der Waals surface area contributed by atoms with Gasteiger partial charge in [-0.25, -0.2) is 15.2 Å². The molecule has 0 fully saturated rings. The molecule has 0 saturated heterocycles. The molecule has 0 aliphatic rings. The second-order valence-corrected chi connectivity index (χ2v) is 2.86. The van der Waals surface area contributed by atoms with Crippen molar-refractivity contribution in [3.63, 3.8) is 0 Å². The van der Waals surface area contributed by atoms with E-state index in [9.17, 15) is 4.39 Å². The molecule has 1 aromatic carbocycles. The third-order valence-electron chi connectivity index (χ3n) is 1.84. The zero-order valence-corrected chi connectivity index (χ0v) is 7.87. The molecule has 0 heterocycles. The minimum absolute atomic E-state index is 0.0840. The Morgan fingerprint density at radius 1 is 1.50 bits per heavy atom. The molecule has 0 radical (unpaired) electrons. The van der Waals surface area contributed by atoms with Gasteiger partial charge in [0.15, 0.2) is 0 Å². The topological polar surface area (TPSA) is 76.4 Å². The Kier molecular flexibility index (Phi) is 3.41. The number of hydrogen-bond acceptors (Lipinski definition) is 2. The van der Waals surface area contributed by atoms with Gasteiger partial charge in [0.2, 0.25) is 5.96 Å². The Bertz CT molecular complexity index is 337. The summed E-state index contributed by atoms with van der Waals surface area (Å²) in [4.78, 5) is 3.94. The number of guanidine groups is 1. The average molecular weight is 196 g/mol. The van der Waals surface area contributed by atoms with Gasteiger partial charge >= 0.3 is 0 Å². The molecule has 1 aromatic rings. The van der Waals surface area contributed by atoms with E-state index in [1.807, 2.05) is 0 Å². The van der Waals surface area contributed by atoms with Gasteiger partial charge in [-0.05, 0) is 13.0 Å². The molecule has 1 rings (SSSR count). The van der Waals surface area contributed by atoms with Crippen LogP contribution in [0.25, 0.3) is 0 Å². The van der Waals surface area contributed by atoms with E-state index in [4.69, 9.17) is 11.6 Å². The van der Waals surface area contributed by atoms with Crippen molar-refractivity contribution < 1.29 is 4.39 Å². The van der Waals surface area contributed by atoms with E-state index in [1.165, 1.54) is 6.07 Å². The van der Waals surface area contributed by atoms with Crippen molar-refractivity contribution in [3.8, 4) is 0 Å². The van der Waals surface area contributed by atoms with Crippen LogP contribution in [0, 0.1) is 5.82 Å². The maximum atomic E-state index is 13.2. The monoisotopic (exact) mass is 196 g/mol. The lowest BCUT2D eigenvalue weighted by Gasteiger charge is -2.08. The fourth-order valence-corrected chi connectivity index (χ4v) is 1.13. The molecule has 0 amide bonds. The molecule has 0 saturated carbocycles. The highest BCUT2D eigenvalue weighted by Gasteiger charge is 2.08. The highest BCUT2D eigenvalue weighted by molar-refractivity contribution is 5.77. The lowest BCUT2D eigenvalue weighted by molar-refractivity contribution is 0.593. The molecule has 14 heavy (non-hydrogen) atoms. The summed E-state index contributed by atoms with van der Waals surface area (Å²) >= 11 is 0. The maximum Gasteiger partial charge on any atom is 0.203 e. The van der Waals surface area contributed by atoms with Crippen LogP contribution in [0.15, 0.2) is 29.3 Å². The zero-order valence-electron chi connectivity index (χ0n) is 7.87. The number of benzene rings is 1. The second kappa shape index (κ2) is 4.57. The summed E-state index contributed by atoms with van der Waals surface area (Å²) in [5.74, 6) is 4.82. The van der Waals surface area contributed by atoms with Gasteiger partial charge in [0.1, 0.15) is 5.82 Å². The standard InChI is InChI=1S/C9H13FN4/c1-6(13-9(11)14-12)7-4-2-3-5-8(7)10/h2-6H,12H2,1H3,(H3,11,13,14). The Morgan fingerprint density at radius 3 is 2.71 bits per heavy atom. The smallest absolute Gasteiger partial charge is 0.203 e. The van der Waals surface area contributed by atoms with E-state index in [0.29, 0.717) is 5.56 Å². The minimum Gasteiger partial charge on any atom is -0.369 e. The Hall–Kier alpha value is -1.62. The first-order valence-corrected chi connectivity index (χ1v) is 4.19. The van der Waals surface area contributed by atoms with E-state index in [2.05, 4.69) is 10.4 Å². The van der Waals surface area contributed by atoms with Gasteiger partial charge in [0, 0.05) is 5.56 Å². The van der Waals surface area contributed by atoms with E-state index in [-0.39, 0.29) is 17.8 Å². The van der Waals surface area contributed by atoms with Gasteiger partial charge in [-0.15, -0.1) is 0 Å². The van der Waals surface area contributed by atoms with E-state index in [1.54, 1.807) is 25.1 Å². The molecule has 5 heteroatoms. The number of nitrogens with one attached hydrogen (secondary N) is 1. The molecule has 0 bridgehead atoms. The highest BCUT2D eigenvalue weighted by atomic mass is 19.1. The largest absolute Gasteiger partial charge is 0.369 e. The number of nitrogens with zero attached hydrogens (tertiary/aromatic N) is 1. The van der Waals surface area contributed by atoms with Crippen LogP contribution in [0.1, 0.15) is 18.5 Å². The summed E-state index contributed by atoms with van der Waals surface area (Å²) < 4.78 is 13.2. The molecule has 0 spiro atoms. The van der Waals surface area contributed by atoms with Crippen molar-refractivity contribution >= 4 is 5.96 Å². The van der Waals surface area contributed by atoms with E-state index >= 15 is 0 Å². The second-order valence-electron chi connectivity index (χ2n) is 2.86. The first-order chi connectivity index (χ1) is 6.65. The number of aliphatic imine (C=N–C) groups is 1. The molecular weight excluding hydrogens is 183 g/mol. The van der Waals surface area contributed by atoms with Gasteiger partial charge < -0.3 is 5.73 Å². The minimum atomic E-state index is -0.354. The lowest BCUT2D eigenvalue weighted by atomic mass is 10.1. The third-order valence-corrected chi connectivity index (χ3v) is 1.84. The molecule has 0 aliphatic carbocycles. The van der Waals surface area contributed by atoms with Crippen molar-refractivity contribution in [2.75, 3.05) is 0 Å². The van der Waals surface area contributed by atoms with Gasteiger partial charge in [0.05, 0.1) is 6.04 Å². The Morgan fingerprint density at radius 2 is 2.14 bits per heavy atom. The van der Waals surface area contributed by atoms with Crippen LogP contribution in [-0.4, -0.2) is 5.96 Å². The van der Waals surface area contributed by atoms with Crippen molar-refractivity contribution in [1.82, 2.24) is 5.43 Å². The van der Waals surface area contributed by atoms with E-state index in [0.717, 1.165) is 0 Å². The SMILES string of the molecule is CC(N=C(N)NN)c1ccccc1F. The number of hydrogen-bond donors (Lipinski definition) is 3. The Balaban J connectivity index is 2.90. The molecule has 5 N–H and O–H groups in total. The lowest BCUT2D eigenvalue weighted by Crippen LogP contribution is -2.37. The van der Waals surface area contributed by atoms with Crippen LogP contribution in [0.4, 0.5) is 4.39 Å². The molecule has 4 nitrogen and oxygen atoms in total. The van der Waals surface area contributed by atoms with Crippen LogP contribution in [0.5, 0.6) is 0 Å². The summed E-state index contributed by atoms with van der Waals surface area (Å²) in [5.41, 5.74) is 8.03. The number of rotatable bonds is 2. The number of hydrazine groups is 1. The quantitative estimate of drug-likeness (QED) is 0.281. The summed E-state index contributed by atoms with van der Waals surface area (Å²) in [6.07, 6.45) is 0. The fraction of sp³-hybridized carbons (Fsp3) is 0.222. The zero-order chi connectivity index (χ0) is 10.6. The van der Waals surface area contributed by atoms with Crippen molar-refractivity contribution in [2.45, 2.75) is 13.0 Å². The third kappa shape index (κ3) is 2.43. The fourth-order valence-electron chi connectivity index (χ4n) is 1.13. The van der Waals surface area contributed by atoms with Crippen LogP contribution in [-0.2, 0) is 0 Å². The number of nitrogens with two attached hydrogens (primary N) is 2. The number of halogens is 1. The first-order valence-electron chi connectivity index (χ1n) is 4.19. The van der Waals surface area contributed by atoms with Crippen LogP contribution in [0.2, 0.25) is 0 Å². The summed E-state index contributed by atoms with van der Waals surface area (Å²) in [6.45, 7) is 1.74. The average Bonchev–Trinajstić information content (AvgIpc) is 2.18. The maximum absolute atomic E-state index is 13.2. The molecule has 1 unspecified atom stereocenters. The van der Waals surface area contributed by atoms with E-state index < -0.39 is 0 Å². The molecule has 0 aliphatic heterocycles. The molecule has 76 valence electrons. The predicted molar refractivity (Wildman–Crippen MR) is 53.8 cm³/mol. The molecule has 0 aromatic heterocycles. The summed E-state index contributed by atoms with van der Waals surface area (Å²) in [7, 11) is 0. The normalized spacial score (nSPS) is 13.8. The van der Waals surface area contributed by atoms with Gasteiger partial charge in [-0.1, -0.05) is 18.2 Å². The highest BCUT2D eigenvalue weighted by Crippen LogP contribution is 2.19. The first kappa shape index (κ1) is 10.5. The van der Waals surface area contributed by atoms with Gasteiger partial charge in [0.25, 0.3) is 0 Å². The van der Waals surface area contributed by atoms with Gasteiger partial charge in [-0.3, -0.25) is 5.43 Å². The summed E-state index contributed by atoms with van der Waals surface area (Å²) in [6, 6.07) is 6.06. The van der Waals surface area contributed by atoms with Crippen LogP contribution >= 0.6 is 0 Å². The van der Waals surface area contributed by atoms with Crippen molar-refractivity contribution in [2.24, 2.45) is 16.6 Å². The molecular formula is C9H13FN4. The predicted octanol–water partition coefficient (Wildman–Crippen LogP) is 0.665. The van der Waals surface area contributed by atoms with Crippen molar-refractivity contribution in [1.29, 1.82) is 0 Å². The Labute approximate surface area is 81.8 Å². The summed E-state index contributed by atoms with van der Waals surface area (Å²) in [5, 5.41) is 0. The van der Waals surface area contributed by atoms with Crippen LogP contribution in [0.3, 0.4) is 0 Å². The van der Waals surface area contributed by atoms with Crippen molar-refractivity contribution in [3.05, 3.63) is 35.6 Å².